The number of Topliss-reactive ketones (excluding diaryl/α,β-unsaturated/α-hetero) is 1. The minimum atomic E-state index is -3.57. The highest BCUT2D eigenvalue weighted by atomic mass is 127. The standard InChI is InChI=1S/C33H52IN5O7S/c1-10-11-15-21(24(40)26(35)41)36-27(42)23-22-20(34-32(22,8)9)18-39(23)28(43)25(30(2,3)4)37-29(44)38-33(16-13-12-14-17-33)19-47(45,46)31(5,6)7/h1,21-23,25H,11-19H2,2-9H3,(H2,35,41)(H,36,42)(H2,37,38,44)/t21?,22?,23-,25+/m0/s1. The number of likely N-dealkylation sites (tertiary alicyclic amines) is 1. The van der Waals surface area contributed by atoms with E-state index < -0.39 is 93.9 Å². The van der Waals surface area contributed by atoms with Crippen molar-refractivity contribution in [3.05, 3.63) is 0 Å². The van der Waals surface area contributed by atoms with Crippen LogP contribution in [0.1, 0.15) is 100 Å². The van der Waals surface area contributed by atoms with Gasteiger partial charge in [0.25, 0.3) is 5.91 Å². The van der Waals surface area contributed by atoms with Gasteiger partial charge in [0.15, 0.2) is 9.84 Å². The molecule has 3 aliphatic rings. The molecule has 0 aromatic rings. The maximum Gasteiger partial charge on any atom is 0.315 e. The van der Waals surface area contributed by atoms with Gasteiger partial charge in [-0.3, -0.25) is 19.2 Å². The molecule has 1 saturated carbocycles. The third kappa shape index (κ3) is 8.74. The maximum atomic E-state index is 14.4. The van der Waals surface area contributed by atoms with Gasteiger partial charge in [0.05, 0.1) is 22.1 Å². The number of carbonyl (C=O) groups excluding carboxylic acids is 5. The molecule has 4 atom stereocenters. The number of primary amides is 1. The molecule has 3 rings (SSSR count). The van der Waals surface area contributed by atoms with Crippen LogP contribution in [0.2, 0.25) is 0 Å². The number of nitrogens with one attached hydrogen (secondary N) is 3. The maximum absolute atomic E-state index is 14.4. The number of terminal acetylenes is 1. The smallest absolute Gasteiger partial charge is 0.315 e. The molecule has 47 heavy (non-hydrogen) atoms. The van der Waals surface area contributed by atoms with Crippen molar-refractivity contribution in [2.45, 2.75) is 132 Å². The van der Waals surface area contributed by atoms with Crippen molar-refractivity contribution in [1.82, 2.24) is 20.9 Å². The molecule has 5 amide bonds. The summed E-state index contributed by atoms with van der Waals surface area (Å²) in [6, 6.07) is -3.91. The van der Waals surface area contributed by atoms with Crippen LogP contribution in [0.3, 0.4) is 0 Å². The molecule has 0 bridgehead atoms. The number of carbonyl (C=O) groups is 5. The summed E-state index contributed by atoms with van der Waals surface area (Å²) in [5.74, 6) is -1.26. The third-order valence-corrected chi connectivity index (χ3v) is 16.0. The summed E-state index contributed by atoms with van der Waals surface area (Å²) in [4.78, 5) is 67.9. The van der Waals surface area contributed by atoms with Crippen LogP contribution < -0.4 is 21.7 Å². The quantitative estimate of drug-likeness (QED) is 0.107. The molecule has 0 spiro atoms. The molecule has 5 N–H and O–H groups in total. The van der Waals surface area contributed by atoms with E-state index in [0.29, 0.717) is 12.8 Å². The number of nitrogens with zero attached hydrogens (tertiary/aromatic N) is 1. The van der Waals surface area contributed by atoms with Crippen molar-refractivity contribution in [3.8, 4) is 12.3 Å². The Bertz CT molecular complexity index is 1460. The molecule has 1 saturated heterocycles. The van der Waals surface area contributed by atoms with Gasteiger partial charge in [-0.25, -0.2) is 13.2 Å². The van der Waals surface area contributed by atoms with Gasteiger partial charge in [0, 0.05) is 22.3 Å². The number of hydrogen-bond donors (Lipinski definition) is 4. The number of halogens is 1. The molecule has 2 unspecified atom stereocenters. The fourth-order valence-corrected chi connectivity index (χ4v) is 12.5. The highest BCUT2D eigenvalue weighted by Crippen LogP contribution is 2.52. The van der Waals surface area contributed by atoms with E-state index in [2.05, 4.69) is 35.7 Å². The minimum Gasteiger partial charge on any atom is -0.363 e. The Morgan fingerprint density at radius 2 is 1.64 bits per heavy atom. The summed E-state index contributed by atoms with van der Waals surface area (Å²) in [5.41, 5.74) is 3.48. The monoisotopic (exact) mass is 789 g/mol. The second-order valence-electron chi connectivity index (χ2n) is 15.6. The number of alkyl halides is 1. The van der Waals surface area contributed by atoms with Gasteiger partial charge >= 0.3 is 6.03 Å². The Morgan fingerprint density at radius 1 is 1.04 bits per heavy atom. The first kappa shape index (κ1) is 38.9. The minimum absolute atomic E-state index is 0.0151. The van der Waals surface area contributed by atoms with Crippen molar-refractivity contribution >= 4 is 63.6 Å². The topological polar surface area (TPSA) is 185 Å². The normalized spacial score (nSPS) is 23.3. The average Bonchev–Trinajstić information content (AvgIpc) is 3.27. The Hall–Kier alpha value is -2.54. The number of nitrogens with two attached hydrogens (primary N) is 1. The number of rotatable bonds is 11. The van der Waals surface area contributed by atoms with Crippen LogP contribution in [-0.4, -0.2) is 90.5 Å². The van der Waals surface area contributed by atoms with E-state index in [1.165, 1.54) is 4.90 Å². The van der Waals surface area contributed by atoms with Crippen LogP contribution in [0, 0.1) is 23.7 Å². The van der Waals surface area contributed by atoms with Gasteiger partial charge < -0.3 is 26.6 Å². The highest BCUT2D eigenvalue weighted by Gasteiger charge is 2.58. The number of amides is 5. The zero-order chi connectivity index (χ0) is 35.8. The lowest BCUT2D eigenvalue weighted by molar-refractivity contribution is -0.144. The van der Waals surface area contributed by atoms with Crippen LogP contribution in [0.15, 0.2) is 0 Å². The van der Waals surface area contributed by atoms with Gasteiger partial charge in [-0.2, -0.15) is 0 Å². The zero-order valence-electron chi connectivity index (χ0n) is 28.9. The fraction of sp³-hybridized carbons (Fsp3) is 0.758. The molecule has 2 aliphatic heterocycles. The van der Waals surface area contributed by atoms with E-state index in [0.717, 1.165) is 22.8 Å². The number of hydrogen-bond acceptors (Lipinski definition) is 7. The van der Waals surface area contributed by atoms with Crippen molar-refractivity contribution in [1.29, 1.82) is 0 Å². The van der Waals surface area contributed by atoms with Crippen LogP contribution in [0.4, 0.5) is 4.79 Å². The fourth-order valence-electron chi connectivity index (χ4n) is 6.64. The molecule has 1 aliphatic carbocycles. The summed E-state index contributed by atoms with van der Waals surface area (Å²) in [6.45, 7) is 14.7. The molecule has 12 nitrogen and oxygen atoms in total. The lowest BCUT2D eigenvalue weighted by Gasteiger charge is -2.42. The Balaban J connectivity index is 1.91. The predicted molar refractivity (Wildman–Crippen MR) is 191 cm³/mol. The summed E-state index contributed by atoms with van der Waals surface area (Å²) in [6.07, 6.45) is 8.99. The van der Waals surface area contributed by atoms with Gasteiger partial charge in [-0.1, -0.05) is 53.9 Å². The van der Waals surface area contributed by atoms with Crippen LogP contribution in [0.5, 0.6) is 0 Å². The molecule has 264 valence electrons. The lowest BCUT2D eigenvalue weighted by Crippen LogP contribution is -2.64. The molecule has 0 radical (unpaired) electrons. The first-order valence-corrected chi connectivity index (χ1v) is 20.0. The SMILES string of the molecule is C#CCCC(NC(=O)[C@@H]1C2C(=IC2(C)C)CN1C(=O)[C@@H](NC(=O)NC1(CS(=O)(=O)C(C)(C)C)CCCCC1)C(C)(C)C)C(=O)C(N)=O. The second-order valence-corrected chi connectivity index (χ2v) is 23.1. The molecular weight excluding hydrogens is 737 g/mol. The van der Waals surface area contributed by atoms with Gasteiger partial charge in [0.1, 0.15) is 12.1 Å². The van der Waals surface area contributed by atoms with Crippen LogP contribution in [-0.2, 0) is 29.0 Å². The first-order chi connectivity index (χ1) is 21.5. The van der Waals surface area contributed by atoms with E-state index in [1.54, 1.807) is 41.5 Å². The number of ketones is 1. The molecule has 2 fully saturated rings. The number of fused-ring (bicyclic) bond motifs is 1. The molecular formula is C33H52IN5O7S. The van der Waals surface area contributed by atoms with Crippen molar-refractivity contribution in [2.75, 3.05) is 12.3 Å². The number of urea groups is 1. The summed E-state index contributed by atoms with van der Waals surface area (Å²) in [5, 5.41) is 8.49. The Kier molecular flexibility index (Phi) is 11.7. The van der Waals surface area contributed by atoms with E-state index in [4.69, 9.17) is 12.2 Å². The average molecular weight is 790 g/mol. The lowest BCUT2D eigenvalue weighted by atomic mass is 9.83. The Labute approximate surface area is 289 Å². The summed E-state index contributed by atoms with van der Waals surface area (Å²) in [7, 11) is -3.57. The van der Waals surface area contributed by atoms with Gasteiger partial charge in [-0.05, 0) is 49.0 Å². The van der Waals surface area contributed by atoms with Crippen molar-refractivity contribution in [2.24, 2.45) is 17.1 Å². The van der Waals surface area contributed by atoms with E-state index in [-0.39, 0.29) is 34.5 Å². The van der Waals surface area contributed by atoms with Crippen molar-refractivity contribution in [3.63, 3.8) is 0 Å². The van der Waals surface area contributed by atoms with Crippen LogP contribution in [0.25, 0.3) is 0 Å². The van der Waals surface area contributed by atoms with E-state index in [9.17, 15) is 32.4 Å². The third-order valence-electron chi connectivity index (χ3n) is 9.40. The number of sulfone groups is 1. The first-order valence-electron chi connectivity index (χ1n) is 16.2. The molecule has 0 aromatic carbocycles. The highest BCUT2D eigenvalue weighted by molar-refractivity contribution is 14.2. The zero-order valence-corrected chi connectivity index (χ0v) is 31.9. The van der Waals surface area contributed by atoms with Gasteiger partial charge in [-0.15, -0.1) is 33.1 Å². The van der Waals surface area contributed by atoms with Crippen LogP contribution >= 0.6 is 20.7 Å². The van der Waals surface area contributed by atoms with E-state index in [1.807, 2.05) is 0 Å². The Morgan fingerprint density at radius 3 is 2.13 bits per heavy atom. The molecule has 0 aromatic heterocycles. The molecule has 14 heteroatoms. The van der Waals surface area contributed by atoms with E-state index >= 15 is 0 Å². The molecule has 2 heterocycles. The largest absolute Gasteiger partial charge is 0.363 e. The summed E-state index contributed by atoms with van der Waals surface area (Å²) >= 11 is -0.449. The van der Waals surface area contributed by atoms with Crippen molar-refractivity contribution < 1.29 is 32.4 Å². The second kappa shape index (κ2) is 14.1. The van der Waals surface area contributed by atoms with Gasteiger partial charge in [0.2, 0.25) is 17.6 Å². The predicted octanol–water partition coefficient (Wildman–Crippen LogP) is 2.33. The summed E-state index contributed by atoms with van der Waals surface area (Å²) < 4.78 is 26.5.